The van der Waals surface area contributed by atoms with Crippen LogP contribution in [0.15, 0.2) is 28.7 Å². The minimum atomic E-state index is 0.272. The van der Waals surface area contributed by atoms with Gasteiger partial charge in [-0.25, -0.2) is 0 Å². The van der Waals surface area contributed by atoms with Crippen molar-refractivity contribution >= 4 is 21.7 Å². The number of nitrogens with zero attached hydrogens (tertiary/aromatic N) is 1. The fraction of sp³-hybridized carbons (Fsp3) is 0.588. The van der Waals surface area contributed by atoms with Crippen LogP contribution in [0.4, 0.5) is 0 Å². The Bertz CT molecular complexity index is 448. The number of rotatable bonds is 8. The van der Waals surface area contributed by atoms with Crippen LogP contribution in [-0.2, 0) is 0 Å². The first-order chi connectivity index (χ1) is 9.70. The monoisotopic (exact) mass is 335 g/mol. The molecule has 0 spiro atoms. The van der Waals surface area contributed by atoms with E-state index in [9.17, 15) is 4.79 Å². The first-order valence-electron chi connectivity index (χ1n) is 7.72. The first-order valence-corrected chi connectivity index (χ1v) is 8.51. The van der Waals surface area contributed by atoms with Crippen molar-refractivity contribution in [3.63, 3.8) is 0 Å². The van der Waals surface area contributed by atoms with Crippen molar-refractivity contribution in [2.24, 2.45) is 11.8 Å². The number of carbonyl (C=O) groups excluding carboxylic acids is 1. The largest absolute Gasteiger partial charge is 0.302 e. The summed E-state index contributed by atoms with van der Waals surface area (Å²) in [6.07, 6.45) is 6.22. The van der Waals surface area contributed by atoms with Gasteiger partial charge >= 0.3 is 0 Å². The fourth-order valence-corrected chi connectivity index (χ4v) is 2.89. The van der Waals surface area contributed by atoms with E-state index < -0.39 is 0 Å². The molecule has 20 heavy (non-hydrogen) atoms. The molecule has 0 atom stereocenters. The zero-order valence-electron chi connectivity index (χ0n) is 11.9. The second-order valence-corrected chi connectivity index (χ2v) is 7.24. The molecule has 0 aromatic heterocycles. The highest BCUT2D eigenvalue weighted by atomic mass is 79.9. The first kappa shape index (κ1) is 14.3. The second-order valence-electron chi connectivity index (χ2n) is 6.33. The highest BCUT2D eigenvalue weighted by molar-refractivity contribution is 9.10. The van der Waals surface area contributed by atoms with Crippen molar-refractivity contribution in [1.29, 1.82) is 0 Å². The van der Waals surface area contributed by atoms with E-state index in [1.165, 1.54) is 38.8 Å². The van der Waals surface area contributed by atoms with Gasteiger partial charge in [-0.2, -0.15) is 0 Å². The Hall–Kier alpha value is -0.670. The molecule has 2 nitrogen and oxygen atoms in total. The van der Waals surface area contributed by atoms with Gasteiger partial charge in [0, 0.05) is 36.1 Å². The summed E-state index contributed by atoms with van der Waals surface area (Å²) in [5.41, 5.74) is 0.839. The van der Waals surface area contributed by atoms with Crippen LogP contribution in [0.3, 0.4) is 0 Å². The van der Waals surface area contributed by atoms with Crippen LogP contribution in [0, 0.1) is 11.8 Å². The number of Topliss-reactive ketones (excluding diaryl/α,β-unsaturated/α-hetero) is 1. The Morgan fingerprint density at radius 3 is 2.10 bits per heavy atom. The number of hydrogen-bond acceptors (Lipinski definition) is 2. The average Bonchev–Trinajstić information content (AvgIpc) is 3.32. The van der Waals surface area contributed by atoms with Crippen molar-refractivity contribution in [3.05, 3.63) is 34.3 Å². The van der Waals surface area contributed by atoms with Crippen molar-refractivity contribution in [2.75, 3.05) is 19.6 Å². The Balaban J connectivity index is 1.49. The molecule has 0 aliphatic heterocycles. The molecule has 2 saturated carbocycles. The lowest BCUT2D eigenvalue weighted by atomic mass is 10.1. The average molecular weight is 336 g/mol. The van der Waals surface area contributed by atoms with Gasteiger partial charge in [0.1, 0.15) is 0 Å². The van der Waals surface area contributed by atoms with E-state index in [1.54, 1.807) is 0 Å². The van der Waals surface area contributed by atoms with Crippen LogP contribution in [0.1, 0.15) is 42.5 Å². The maximum absolute atomic E-state index is 12.2. The van der Waals surface area contributed by atoms with Gasteiger partial charge in [-0.05, 0) is 49.7 Å². The molecule has 2 aliphatic rings. The molecule has 108 valence electrons. The van der Waals surface area contributed by atoms with Gasteiger partial charge < -0.3 is 4.90 Å². The molecule has 1 aromatic rings. The summed E-state index contributed by atoms with van der Waals surface area (Å²) in [5, 5.41) is 0. The summed E-state index contributed by atoms with van der Waals surface area (Å²) < 4.78 is 1.03. The van der Waals surface area contributed by atoms with Crippen LogP contribution >= 0.6 is 15.9 Å². The lowest BCUT2D eigenvalue weighted by Crippen LogP contribution is -2.30. The summed E-state index contributed by atoms with van der Waals surface area (Å²) >= 11 is 3.41. The lowest BCUT2D eigenvalue weighted by Gasteiger charge is -2.21. The fourth-order valence-electron chi connectivity index (χ4n) is 2.63. The molecule has 2 aliphatic carbocycles. The molecule has 0 heterocycles. The van der Waals surface area contributed by atoms with E-state index >= 15 is 0 Å². The van der Waals surface area contributed by atoms with Gasteiger partial charge in [0.25, 0.3) is 0 Å². The van der Waals surface area contributed by atoms with Crippen molar-refractivity contribution in [2.45, 2.75) is 32.1 Å². The number of benzene rings is 1. The summed E-state index contributed by atoms with van der Waals surface area (Å²) in [6, 6.07) is 7.72. The molecular weight excluding hydrogens is 314 g/mol. The molecule has 0 radical (unpaired) electrons. The van der Waals surface area contributed by atoms with E-state index in [0.29, 0.717) is 6.42 Å². The van der Waals surface area contributed by atoms with Gasteiger partial charge in [0.2, 0.25) is 0 Å². The predicted molar refractivity (Wildman–Crippen MR) is 85.0 cm³/mol. The number of halogens is 1. The Kier molecular flexibility index (Phi) is 4.57. The summed E-state index contributed by atoms with van der Waals surface area (Å²) in [5.74, 6) is 2.10. The number of carbonyl (C=O) groups is 1. The minimum absolute atomic E-state index is 0.272. The molecule has 1 aromatic carbocycles. The SMILES string of the molecule is O=C(CCN(CC1CC1)CC1CC1)c1ccc(Br)cc1. The number of hydrogen-bond donors (Lipinski definition) is 0. The molecular formula is C17H22BrNO. The summed E-state index contributed by atoms with van der Waals surface area (Å²) in [6.45, 7) is 3.36. The van der Waals surface area contributed by atoms with Crippen LogP contribution < -0.4 is 0 Å². The molecule has 3 heteroatoms. The minimum Gasteiger partial charge on any atom is -0.302 e. The zero-order valence-corrected chi connectivity index (χ0v) is 13.4. The van der Waals surface area contributed by atoms with Gasteiger partial charge in [0.15, 0.2) is 5.78 Å². The third-order valence-electron chi connectivity index (χ3n) is 4.25. The zero-order chi connectivity index (χ0) is 13.9. The second kappa shape index (κ2) is 6.40. The van der Waals surface area contributed by atoms with Gasteiger partial charge in [-0.15, -0.1) is 0 Å². The smallest absolute Gasteiger partial charge is 0.164 e. The third kappa shape index (κ3) is 4.42. The van der Waals surface area contributed by atoms with Crippen LogP contribution in [0.5, 0.6) is 0 Å². The quantitative estimate of drug-likeness (QED) is 0.665. The molecule has 0 bridgehead atoms. The Morgan fingerprint density at radius 2 is 1.60 bits per heavy atom. The molecule has 0 amide bonds. The van der Waals surface area contributed by atoms with Crippen molar-refractivity contribution in [1.82, 2.24) is 4.90 Å². The molecule has 0 unspecified atom stereocenters. The van der Waals surface area contributed by atoms with Gasteiger partial charge in [-0.3, -0.25) is 4.79 Å². The van der Waals surface area contributed by atoms with E-state index in [2.05, 4.69) is 20.8 Å². The highest BCUT2D eigenvalue weighted by Crippen LogP contribution is 2.33. The summed E-state index contributed by atoms with van der Waals surface area (Å²) in [4.78, 5) is 14.8. The standard InChI is InChI=1S/C17H22BrNO/c18-16-7-5-15(6-8-16)17(20)9-10-19(11-13-1-2-13)12-14-3-4-14/h5-8,13-14H,1-4,9-12H2. The molecule has 0 N–H and O–H groups in total. The van der Waals surface area contributed by atoms with Crippen molar-refractivity contribution in [3.8, 4) is 0 Å². The van der Waals surface area contributed by atoms with Crippen LogP contribution in [0.2, 0.25) is 0 Å². The van der Waals surface area contributed by atoms with E-state index in [0.717, 1.165) is 28.4 Å². The van der Waals surface area contributed by atoms with E-state index in [4.69, 9.17) is 0 Å². The molecule has 3 rings (SSSR count). The topological polar surface area (TPSA) is 20.3 Å². The van der Waals surface area contributed by atoms with Gasteiger partial charge in [-0.1, -0.05) is 28.1 Å². The summed E-state index contributed by atoms with van der Waals surface area (Å²) in [7, 11) is 0. The number of ketones is 1. The maximum atomic E-state index is 12.2. The third-order valence-corrected chi connectivity index (χ3v) is 4.78. The normalized spacial score (nSPS) is 18.5. The Labute approximate surface area is 129 Å². The Morgan fingerprint density at radius 1 is 1.05 bits per heavy atom. The van der Waals surface area contributed by atoms with Crippen LogP contribution in [0.25, 0.3) is 0 Å². The van der Waals surface area contributed by atoms with Gasteiger partial charge in [0.05, 0.1) is 0 Å². The van der Waals surface area contributed by atoms with Crippen LogP contribution in [-0.4, -0.2) is 30.3 Å². The highest BCUT2D eigenvalue weighted by Gasteiger charge is 2.29. The lowest BCUT2D eigenvalue weighted by molar-refractivity contribution is 0.0961. The van der Waals surface area contributed by atoms with Crippen molar-refractivity contribution < 1.29 is 4.79 Å². The molecule has 2 fully saturated rings. The van der Waals surface area contributed by atoms with E-state index in [-0.39, 0.29) is 5.78 Å². The predicted octanol–water partition coefficient (Wildman–Crippen LogP) is 4.14. The maximum Gasteiger partial charge on any atom is 0.164 e. The molecule has 0 saturated heterocycles. The van der Waals surface area contributed by atoms with E-state index in [1.807, 2.05) is 24.3 Å².